The molecule has 1 N–H and O–H groups in total. The van der Waals surface area contributed by atoms with Gasteiger partial charge >= 0.3 is 0 Å². The van der Waals surface area contributed by atoms with Gasteiger partial charge in [0.05, 0.1) is 10.6 Å². The summed E-state index contributed by atoms with van der Waals surface area (Å²) in [7, 11) is -4.18. The number of halogens is 1. The Balaban J connectivity index is 1.71. The Bertz CT molecular complexity index is 1650. The minimum absolute atomic E-state index is 0.0354. The monoisotopic (exact) mass is 647 g/mol. The molecule has 0 aliphatic rings. The highest BCUT2D eigenvalue weighted by Gasteiger charge is 2.34. The number of anilines is 1. The first-order valence-corrected chi connectivity index (χ1v) is 16.7. The summed E-state index contributed by atoms with van der Waals surface area (Å²) >= 11 is 6.10. The van der Waals surface area contributed by atoms with E-state index >= 15 is 0 Å². The van der Waals surface area contributed by atoms with E-state index in [1.165, 1.54) is 17.0 Å². The highest BCUT2D eigenvalue weighted by atomic mass is 35.5. The molecule has 0 aliphatic carbocycles. The zero-order chi connectivity index (χ0) is 32.4. The number of para-hydroxylation sites is 1. The Kier molecular flexibility index (Phi) is 11.6. The van der Waals surface area contributed by atoms with Crippen LogP contribution in [0.4, 0.5) is 5.69 Å². The third kappa shape index (κ3) is 8.86. The third-order valence-corrected chi connectivity index (χ3v) is 9.41. The number of nitrogens with zero attached hydrogens (tertiary/aromatic N) is 2. The SMILES string of the molecule is CC[C@@H](C)NC(=O)[C@@H](CC)N(Cc1ccc(Cl)cc1)C(=O)CN(c1ccc(Oc2ccccc2)cc1)S(=O)(=O)c1ccccc1. The van der Waals surface area contributed by atoms with Gasteiger partial charge in [-0.05, 0) is 86.0 Å². The predicted molar refractivity (Wildman–Crippen MR) is 178 cm³/mol. The van der Waals surface area contributed by atoms with Gasteiger partial charge < -0.3 is 15.0 Å². The molecule has 4 aromatic rings. The van der Waals surface area contributed by atoms with E-state index in [0.717, 1.165) is 16.3 Å². The van der Waals surface area contributed by atoms with E-state index in [9.17, 15) is 18.0 Å². The summed E-state index contributed by atoms with van der Waals surface area (Å²) in [5, 5.41) is 3.52. The number of ether oxygens (including phenoxy) is 1. The fraction of sp³-hybridized carbons (Fsp3) is 0.257. The number of amides is 2. The molecule has 0 saturated carbocycles. The zero-order valence-corrected chi connectivity index (χ0v) is 27.2. The van der Waals surface area contributed by atoms with Crippen LogP contribution in [0.25, 0.3) is 0 Å². The number of sulfonamides is 1. The number of hydrogen-bond acceptors (Lipinski definition) is 5. The van der Waals surface area contributed by atoms with Crippen LogP contribution in [-0.2, 0) is 26.2 Å². The normalized spacial score (nSPS) is 12.5. The maximum atomic E-state index is 14.2. The highest BCUT2D eigenvalue weighted by molar-refractivity contribution is 7.92. The number of nitrogens with one attached hydrogen (secondary N) is 1. The van der Waals surface area contributed by atoms with Gasteiger partial charge in [-0.1, -0.05) is 74.0 Å². The molecule has 2 atom stereocenters. The van der Waals surface area contributed by atoms with Crippen LogP contribution in [0, 0.1) is 0 Å². The molecule has 45 heavy (non-hydrogen) atoms. The molecule has 4 aromatic carbocycles. The average Bonchev–Trinajstić information content (AvgIpc) is 3.05. The van der Waals surface area contributed by atoms with Gasteiger partial charge in [0.1, 0.15) is 24.1 Å². The fourth-order valence-electron chi connectivity index (χ4n) is 4.70. The number of hydrogen-bond donors (Lipinski definition) is 1. The van der Waals surface area contributed by atoms with Crippen LogP contribution in [0.2, 0.25) is 5.02 Å². The number of rotatable bonds is 14. The molecule has 0 fully saturated rings. The van der Waals surface area contributed by atoms with Crippen molar-refractivity contribution >= 4 is 39.1 Å². The lowest BCUT2D eigenvalue weighted by molar-refractivity contribution is -0.140. The van der Waals surface area contributed by atoms with E-state index in [0.29, 0.717) is 22.9 Å². The van der Waals surface area contributed by atoms with Crippen LogP contribution < -0.4 is 14.4 Å². The topological polar surface area (TPSA) is 96.0 Å². The smallest absolute Gasteiger partial charge is 0.264 e. The Morgan fingerprint density at radius 2 is 1.38 bits per heavy atom. The Morgan fingerprint density at radius 1 is 0.800 bits per heavy atom. The molecule has 0 saturated heterocycles. The Hall–Kier alpha value is -4.34. The van der Waals surface area contributed by atoms with Gasteiger partial charge in [-0.25, -0.2) is 8.42 Å². The minimum Gasteiger partial charge on any atom is -0.457 e. The van der Waals surface area contributed by atoms with Crippen LogP contribution in [0.15, 0.2) is 114 Å². The summed E-state index contributed by atoms with van der Waals surface area (Å²) in [4.78, 5) is 29.1. The summed E-state index contributed by atoms with van der Waals surface area (Å²) in [6.45, 7) is 5.25. The van der Waals surface area contributed by atoms with Crippen LogP contribution in [-0.4, -0.2) is 43.8 Å². The van der Waals surface area contributed by atoms with Gasteiger partial charge in [-0.15, -0.1) is 0 Å². The van der Waals surface area contributed by atoms with Crippen LogP contribution in [0.5, 0.6) is 11.5 Å². The van der Waals surface area contributed by atoms with E-state index in [-0.39, 0.29) is 29.1 Å². The van der Waals surface area contributed by atoms with E-state index in [2.05, 4.69) is 5.32 Å². The maximum Gasteiger partial charge on any atom is 0.264 e. The number of benzene rings is 4. The molecule has 0 aromatic heterocycles. The van der Waals surface area contributed by atoms with Crippen molar-refractivity contribution in [2.75, 3.05) is 10.8 Å². The van der Waals surface area contributed by atoms with E-state index in [1.54, 1.807) is 66.7 Å². The van der Waals surface area contributed by atoms with Gasteiger partial charge in [0, 0.05) is 17.6 Å². The lowest BCUT2D eigenvalue weighted by Gasteiger charge is -2.33. The molecular weight excluding hydrogens is 610 g/mol. The minimum atomic E-state index is -4.18. The zero-order valence-electron chi connectivity index (χ0n) is 25.6. The van der Waals surface area contributed by atoms with Crippen molar-refractivity contribution in [1.82, 2.24) is 10.2 Å². The van der Waals surface area contributed by atoms with Crippen molar-refractivity contribution in [3.05, 3.63) is 120 Å². The Morgan fingerprint density at radius 3 is 1.96 bits per heavy atom. The van der Waals surface area contributed by atoms with Gasteiger partial charge in [-0.3, -0.25) is 13.9 Å². The van der Waals surface area contributed by atoms with Crippen LogP contribution in [0.1, 0.15) is 39.2 Å². The summed E-state index contributed by atoms with van der Waals surface area (Å²) in [6.07, 6.45) is 1.05. The van der Waals surface area contributed by atoms with Crippen molar-refractivity contribution in [3.63, 3.8) is 0 Å². The first-order chi connectivity index (χ1) is 21.6. The summed E-state index contributed by atoms with van der Waals surface area (Å²) in [5.74, 6) is 0.313. The second kappa shape index (κ2) is 15.6. The molecule has 0 heterocycles. The van der Waals surface area contributed by atoms with E-state index < -0.39 is 28.5 Å². The van der Waals surface area contributed by atoms with Gasteiger partial charge in [0.2, 0.25) is 11.8 Å². The Labute approximate surface area is 270 Å². The van der Waals surface area contributed by atoms with Crippen molar-refractivity contribution in [3.8, 4) is 11.5 Å². The molecule has 2 amide bonds. The standard InChI is InChI=1S/C35H38ClN3O5S/c1-4-26(3)37-35(41)33(5-2)38(24-27-16-18-28(36)19-17-27)34(40)25-39(45(42,43)32-14-10-7-11-15-32)29-20-22-31(23-21-29)44-30-12-8-6-9-13-30/h6-23,26,33H,4-5,24-25H2,1-3H3,(H,37,41)/t26-,33-/m1/s1. The quantitative estimate of drug-likeness (QED) is 0.158. The van der Waals surface area contributed by atoms with Crippen LogP contribution >= 0.6 is 11.6 Å². The predicted octanol–water partition coefficient (Wildman–Crippen LogP) is 7.05. The molecule has 0 unspecified atom stereocenters. The first kappa shape index (κ1) is 33.6. The molecule has 4 rings (SSSR count). The van der Waals surface area contributed by atoms with E-state index in [1.807, 2.05) is 51.1 Å². The second-order valence-corrected chi connectivity index (χ2v) is 12.9. The van der Waals surface area contributed by atoms with Gasteiger partial charge in [0.25, 0.3) is 10.0 Å². The molecule has 0 radical (unpaired) electrons. The molecule has 0 aliphatic heterocycles. The van der Waals surface area contributed by atoms with Crippen molar-refractivity contribution in [2.24, 2.45) is 0 Å². The van der Waals surface area contributed by atoms with Crippen molar-refractivity contribution in [2.45, 2.75) is 57.1 Å². The van der Waals surface area contributed by atoms with Gasteiger partial charge in [0.15, 0.2) is 0 Å². The van der Waals surface area contributed by atoms with Crippen LogP contribution in [0.3, 0.4) is 0 Å². The highest BCUT2D eigenvalue weighted by Crippen LogP contribution is 2.29. The summed E-state index contributed by atoms with van der Waals surface area (Å²) < 4.78 is 35.1. The largest absolute Gasteiger partial charge is 0.457 e. The molecule has 0 spiro atoms. The molecular formula is C35H38ClN3O5S. The summed E-state index contributed by atoms with van der Waals surface area (Å²) in [5.41, 5.74) is 1.03. The molecule has 0 bridgehead atoms. The summed E-state index contributed by atoms with van der Waals surface area (Å²) in [6, 6.07) is 29.7. The number of carbonyl (C=O) groups is 2. The maximum absolute atomic E-state index is 14.2. The molecule has 10 heteroatoms. The average molecular weight is 648 g/mol. The fourth-order valence-corrected chi connectivity index (χ4v) is 6.26. The number of carbonyl (C=O) groups excluding carboxylic acids is 2. The van der Waals surface area contributed by atoms with Gasteiger partial charge in [-0.2, -0.15) is 0 Å². The second-order valence-electron chi connectivity index (χ2n) is 10.6. The van der Waals surface area contributed by atoms with Crippen molar-refractivity contribution in [1.29, 1.82) is 0 Å². The first-order valence-electron chi connectivity index (χ1n) is 14.9. The molecule has 8 nitrogen and oxygen atoms in total. The lowest BCUT2D eigenvalue weighted by atomic mass is 10.1. The third-order valence-electron chi connectivity index (χ3n) is 7.37. The van der Waals surface area contributed by atoms with E-state index in [4.69, 9.17) is 16.3 Å². The van der Waals surface area contributed by atoms with Crippen molar-refractivity contribution < 1.29 is 22.7 Å². The molecule has 236 valence electrons. The lowest BCUT2D eigenvalue weighted by Crippen LogP contribution is -2.53.